The average molecular weight is 450 g/mol. The molecule has 1 saturated carbocycles. The maximum Gasteiger partial charge on any atom is 0.349 e. The second kappa shape index (κ2) is 9.35. The summed E-state index contributed by atoms with van der Waals surface area (Å²) in [5, 5.41) is 4.08. The van der Waals surface area contributed by atoms with Crippen molar-refractivity contribution in [3.05, 3.63) is 41.1 Å². The van der Waals surface area contributed by atoms with E-state index in [9.17, 15) is 4.79 Å². The number of benzene rings is 1. The highest BCUT2D eigenvalue weighted by molar-refractivity contribution is 5.76. The van der Waals surface area contributed by atoms with Gasteiger partial charge in [0.1, 0.15) is 5.75 Å². The van der Waals surface area contributed by atoms with Crippen LogP contribution in [0.15, 0.2) is 35.4 Å². The van der Waals surface area contributed by atoms with Crippen molar-refractivity contribution in [2.45, 2.75) is 38.6 Å². The number of ether oxygens (including phenoxy) is 1. The Hall–Kier alpha value is -3.20. The molecule has 9 heteroatoms. The topological polar surface area (TPSA) is 88.4 Å². The number of anilines is 3. The molecule has 174 valence electrons. The molecule has 0 atom stereocenters. The number of piperazine rings is 1. The average Bonchev–Trinajstić information content (AvgIpc) is 3.35. The summed E-state index contributed by atoms with van der Waals surface area (Å²) >= 11 is 0. The zero-order valence-corrected chi connectivity index (χ0v) is 19.3. The molecule has 0 amide bonds. The predicted molar refractivity (Wildman–Crippen MR) is 130 cm³/mol. The molecule has 0 radical (unpaired) electrons. The first-order valence-corrected chi connectivity index (χ1v) is 11.8. The van der Waals surface area contributed by atoms with Gasteiger partial charge in [-0.05, 0) is 38.9 Å². The first kappa shape index (κ1) is 21.6. The van der Waals surface area contributed by atoms with Crippen molar-refractivity contribution in [1.82, 2.24) is 24.4 Å². The van der Waals surface area contributed by atoms with Gasteiger partial charge in [0.25, 0.3) is 0 Å². The molecule has 0 spiro atoms. The Morgan fingerprint density at radius 3 is 2.61 bits per heavy atom. The summed E-state index contributed by atoms with van der Waals surface area (Å²) in [6, 6.07) is 6.35. The van der Waals surface area contributed by atoms with Crippen LogP contribution in [0.4, 0.5) is 17.3 Å². The summed E-state index contributed by atoms with van der Waals surface area (Å²) in [6.45, 7) is 6.63. The second-order valence-electron chi connectivity index (χ2n) is 8.85. The summed E-state index contributed by atoms with van der Waals surface area (Å²) in [5.41, 5.74) is 2.34. The van der Waals surface area contributed by atoms with Crippen LogP contribution in [0.3, 0.4) is 0 Å². The van der Waals surface area contributed by atoms with Gasteiger partial charge >= 0.3 is 5.69 Å². The maximum absolute atomic E-state index is 12.6. The van der Waals surface area contributed by atoms with E-state index in [2.05, 4.69) is 44.3 Å². The number of nitrogens with one attached hydrogen (secondary N) is 1. The van der Waals surface area contributed by atoms with Gasteiger partial charge in [-0.3, -0.25) is 4.57 Å². The number of rotatable bonds is 6. The number of hydrogen-bond acceptors (Lipinski definition) is 8. The minimum Gasteiger partial charge on any atom is -0.492 e. The van der Waals surface area contributed by atoms with Crippen LogP contribution in [0.2, 0.25) is 0 Å². The quantitative estimate of drug-likeness (QED) is 0.614. The smallest absolute Gasteiger partial charge is 0.349 e. The van der Waals surface area contributed by atoms with Crippen molar-refractivity contribution in [3.8, 4) is 5.75 Å². The highest BCUT2D eigenvalue weighted by Gasteiger charge is 2.22. The summed E-state index contributed by atoms with van der Waals surface area (Å²) in [6.07, 6.45) is 7.50. The molecule has 0 bridgehead atoms. The van der Waals surface area contributed by atoms with E-state index in [1.54, 1.807) is 17.0 Å². The largest absolute Gasteiger partial charge is 0.492 e. The Bertz CT molecular complexity index is 1180. The Labute approximate surface area is 193 Å². The highest BCUT2D eigenvalue weighted by atomic mass is 16.5. The van der Waals surface area contributed by atoms with Crippen LogP contribution in [-0.4, -0.2) is 64.3 Å². The predicted octanol–water partition coefficient (Wildman–Crippen LogP) is 3.20. The van der Waals surface area contributed by atoms with Gasteiger partial charge in [-0.1, -0.05) is 12.8 Å². The van der Waals surface area contributed by atoms with Crippen LogP contribution in [0, 0.1) is 0 Å². The van der Waals surface area contributed by atoms with E-state index in [1.807, 2.05) is 13.0 Å². The molecule has 3 aromatic rings. The first-order chi connectivity index (χ1) is 16.1. The SMILES string of the molecule is CCOc1cc(N2CCN(C)CC2)ccc1Nc1ncc2cnc(=O)n(C3CCCC3)c2n1. The standard InChI is InChI=1S/C24H31N7O2/c1-3-33-21-14-19(30-12-10-29(2)11-13-30)8-9-20(21)27-23-25-15-17-16-26-24(32)31(22(17)28-23)18-6-4-5-7-18/h8-9,14-16,18H,3-7,10-13H2,1-2H3,(H,25,27,28). The zero-order valence-electron chi connectivity index (χ0n) is 19.3. The Balaban J connectivity index is 1.46. The first-order valence-electron chi connectivity index (χ1n) is 11.8. The van der Waals surface area contributed by atoms with Crippen LogP contribution in [-0.2, 0) is 0 Å². The van der Waals surface area contributed by atoms with E-state index in [-0.39, 0.29) is 11.7 Å². The fourth-order valence-electron chi connectivity index (χ4n) is 4.77. The van der Waals surface area contributed by atoms with Crippen LogP contribution in [0.1, 0.15) is 38.6 Å². The van der Waals surface area contributed by atoms with Gasteiger partial charge in [0.15, 0.2) is 5.65 Å². The molecule has 2 aliphatic rings. The molecule has 1 saturated heterocycles. The van der Waals surface area contributed by atoms with Gasteiger partial charge in [-0.25, -0.2) is 14.8 Å². The lowest BCUT2D eigenvalue weighted by atomic mass is 10.2. The molecule has 1 N–H and O–H groups in total. The number of aromatic nitrogens is 4. The van der Waals surface area contributed by atoms with Gasteiger partial charge in [0.2, 0.25) is 5.95 Å². The maximum atomic E-state index is 12.6. The van der Waals surface area contributed by atoms with Crippen molar-refractivity contribution < 1.29 is 4.74 Å². The molecular formula is C24H31N7O2. The Kier molecular flexibility index (Phi) is 6.13. The molecule has 2 fully saturated rings. The van der Waals surface area contributed by atoms with E-state index < -0.39 is 0 Å². The number of likely N-dealkylation sites (N-methyl/N-ethyl adjacent to an activating group) is 1. The van der Waals surface area contributed by atoms with Crippen LogP contribution < -0.4 is 20.6 Å². The molecule has 0 unspecified atom stereocenters. The van der Waals surface area contributed by atoms with E-state index >= 15 is 0 Å². The van der Waals surface area contributed by atoms with Crippen LogP contribution in [0.5, 0.6) is 5.75 Å². The lowest BCUT2D eigenvalue weighted by Crippen LogP contribution is -2.44. The van der Waals surface area contributed by atoms with Crippen molar-refractivity contribution in [3.63, 3.8) is 0 Å². The highest BCUT2D eigenvalue weighted by Crippen LogP contribution is 2.33. The van der Waals surface area contributed by atoms with Gasteiger partial charge in [0, 0.05) is 56.4 Å². The van der Waals surface area contributed by atoms with Crippen molar-refractivity contribution >= 4 is 28.4 Å². The van der Waals surface area contributed by atoms with Gasteiger partial charge in [0.05, 0.1) is 17.7 Å². The normalized spacial score (nSPS) is 17.6. The Morgan fingerprint density at radius 2 is 1.85 bits per heavy atom. The molecule has 2 aromatic heterocycles. The zero-order chi connectivity index (χ0) is 22.8. The molecule has 1 aliphatic carbocycles. The van der Waals surface area contributed by atoms with E-state index in [0.717, 1.165) is 74.4 Å². The minimum atomic E-state index is -0.245. The molecule has 1 aliphatic heterocycles. The lowest BCUT2D eigenvalue weighted by molar-refractivity contribution is 0.312. The van der Waals surface area contributed by atoms with Gasteiger partial charge in [-0.15, -0.1) is 0 Å². The summed E-state index contributed by atoms with van der Waals surface area (Å²) in [7, 11) is 2.15. The van der Waals surface area contributed by atoms with Crippen LogP contribution >= 0.6 is 0 Å². The third-order valence-electron chi connectivity index (χ3n) is 6.61. The number of hydrogen-bond donors (Lipinski definition) is 1. The fraction of sp³-hybridized carbons (Fsp3) is 0.500. The van der Waals surface area contributed by atoms with Crippen molar-refractivity contribution in [2.75, 3.05) is 50.1 Å². The number of nitrogens with zero attached hydrogens (tertiary/aromatic N) is 6. The van der Waals surface area contributed by atoms with Crippen molar-refractivity contribution in [1.29, 1.82) is 0 Å². The second-order valence-corrected chi connectivity index (χ2v) is 8.85. The van der Waals surface area contributed by atoms with Gasteiger partial charge < -0.3 is 19.9 Å². The van der Waals surface area contributed by atoms with Crippen LogP contribution in [0.25, 0.3) is 11.0 Å². The number of fused-ring (bicyclic) bond motifs is 1. The third kappa shape index (κ3) is 4.50. The molecule has 9 nitrogen and oxygen atoms in total. The molecule has 3 heterocycles. The molecular weight excluding hydrogens is 418 g/mol. The molecule has 1 aromatic carbocycles. The summed E-state index contributed by atoms with van der Waals surface area (Å²) in [5.74, 6) is 1.20. The lowest BCUT2D eigenvalue weighted by Gasteiger charge is -2.34. The van der Waals surface area contributed by atoms with E-state index in [0.29, 0.717) is 18.2 Å². The third-order valence-corrected chi connectivity index (χ3v) is 6.61. The minimum absolute atomic E-state index is 0.151. The summed E-state index contributed by atoms with van der Waals surface area (Å²) < 4.78 is 7.70. The van der Waals surface area contributed by atoms with Gasteiger partial charge in [-0.2, -0.15) is 4.98 Å². The van der Waals surface area contributed by atoms with E-state index in [4.69, 9.17) is 9.72 Å². The Morgan fingerprint density at radius 1 is 1.09 bits per heavy atom. The van der Waals surface area contributed by atoms with Crippen molar-refractivity contribution in [2.24, 2.45) is 0 Å². The monoisotopic (exact) mass is 449 g/mol. The van der Waals surface area contributed by atoms with E-state index in [1.165, 1.54) is 0 Å². The summed E-state index contributed by atoms with van der Waals surface area (Å²) in [4.78, 5) is 30.5. The molecule has 5 rings (SSSR count). The fourth-order valence-corrected chi connectivity index (χ4v) is 4.77. The molecule has 33 heavy (non-hydrogen) atoms.